The van der Waals surface area contributed by atoms with Crippen molar-refractivity contribution in [3.8, 4) is 5.69 Å². The molecule has 2 heterocycles. The van der Waals surface area contributed by atoms with E-state index >= 15 is 0 Å². The maximum atomic E-state index is 2.46. The van der Waals surface area contributed by atoms with Crippen molar-refractivity contribution in [3.05, 3.63) is 200 Å². The highest BCUT2D eigenvalue weighted by molar-refractivity contribution is 7.26. The van der Waals surface area contributed by atoms with Gasteiger partial charge in [-0.05, 0) is 91.0 Å². The number of hydrogen-bond donors (Lipinski definition) is 0. The van der Waals surface area contributed by atoms with Crippen LogP contribution in [0, 0.1) is 0 Å². The smallest absolute Gasteiger partial charge is 0.0562 e. The van der Waals surface area contributed by atoms with Gasteiger partial charge < -0.3 is 14.4 Å². The summed E-state index contributed by atoms with van der Waals surface area (Å²) < 4.78 is 5.10. The average Bonchev–Trinajstić information content (AvgIpc) is 3.75. The van der Waals surface area contributed by atoms with Crippen LogP contribution < -0.4 is 9.80 Å². The standard InChI is InChI=1S/C48H33N3S/c1-5-16-34(17-6-1)49(35-18-7-2-8-19-35)38-24-15-25-39(32-38)51-44-31-30-42-41-26-13-14-27-46(41)52-48(42)47(44)43-29-28-40(33-45(43)51)50(36-20-9-3-10-21-36)37-22-11-4-12-23-37/h1-33H. The zero-order chi connectivity index (χ0) is 34.4. The van der Waals surface area contributed by atoms with Crippen LogP contribution in [0.15, 0.2) is 200 Å². The third kappa shape index (κ3) is 5.04. The summed E-state index contributed by atoms with van der Waals surface area (Å²) in [6, 6.07) is 71.9. The second-order valence-corrected chi connectivity index (χ2v) is 14.1. The van der Waals surface area contributed by atoms with Crippen molar-refractivity contribution in [3.63, 3.8) is 0 Å². The molecule has 0 aliphatic rings. The normalized spacial score (nSPS) is 11.5. The van der Waals surface area contributed by atoms with Gasteiger partial charge in [0, 0.05) is 70.8 Å². The third-order valence-corrected chi connectivity index (χ3v) is 11.1. The van der Waals surface area contributed by atoms with E-state index in [2.05, 4.69) is 215 Å². The van der Waals surface area contributed by atoms with Gasteiger partial charge in [-0.3, -0.25) is 0 Å². The highest BCUT2D eigenvalue weighted by Gasteiger charge is 2.21. The van der Waals surface area contributed by atoms with Crippen molar-refractivity contribution in [1.29, 1.82) is 0 Å². The molecule has 246 valence electrons. The molecule has 0 unspecified atom stereocenters. The monoisotopic (exact) mass is 683 g/mol. The van der Waals surface area contributed by atoms with Crippen LogP contribution in [0.4, 0.5) is 34.1 Å². The Balaban J connectivity index is 1.26. The molecular weight excluding hydrogens is 651 g/mol. The van der Waals surface area contributed by atoms with Crippen molar-refractivity contribution < 1.29 is 0 Å². The molecule has 0 N–H and O–H groups in total. The molecule has 8 aromatic carbocycles. The number of thiophene rings is 1. The number of para-hydroxylation sites is 4. The first-order chi connectivity index (χ1) is 25.8. The number of nitrogens with zero attached hydrogens (tertiary/aromatic N) is 3. The van der Waals surface area contributed by atoms with Crippen LogP contribution in [0.1, 0.15) is 0 Å². The second-order valence-electron chi connectivity index (χ2n) is 13.0. The van der Waals surface area contributed by atoms with Gasteiger partial charge in [0.05, 0.1) is 11.0 Å². The fourth-order valence-electron chi connectivity index (χ4n) is 7.66. The lowest BCUT2D eigenvalue weighted by Crippen LogP contribution is -2.10. The number of benzene rings is 8. The van der Waals surface area contributed by atoms with E-state index in [0.717, 1.165) is 45.3 Å². The molecule has 0 spiro atoms. The molecule has 0 bridgehead atoms. The summed E-state index contributed by atoms with van der Waals surface area (Å²) >= 11 is 1.89. The Bertz CT molecular complexity index is 2760. The van der Waals surface area contributed by atoms with Crippen molar-refractivity contribution in [2.75, 3.05) is 9.80 Å². The molecular formula is C48H33N3S. The lowest BCUT2D eigenvalue weighted by Gasteiger charge is -2.26. The fourth-order valence-corrected chi connectivity index (χ4v) is 8.92. The summed E-state index contributed by atoms with van der Waals surface area (Å²) in [6.45, 7) is 0. The first-order valence-corrected chi connectivity index (χ1v) is 18.4. The molecule has 0 amide bonds. The van der Waals surface area contributed by atoms with Gasteiger partial charge in [0.2, 0.25) is 0 Å². The van der Waals surface area contributed by atoms with Crippen molar-refractivity contribution >= 4 is 87.4 Å². The number of fused-ring (bicyclic) bond motifs is 7. The molecule has 0 aliphatic carbocycles. The summed E-state index contributed by atoms with van der Waals surface area (Å²) in [5, 5.41) is 5.15. The second kappa shape index (κ2) is 12.6. The van der Waals surface area contributed by atoms with Gasteiger partial charge in [0.25, 0.3) is 0 Å². The number of aromatic nitrogens is 1. The van der Waals surface area contributed by atoms with Gasteiger partial charge in [-0.2, -0.15) is 0 Å². The van der Waals surface area contributed by atoms with E-state index in [1.54, 1.807) is 0 Å². The molecule has 0 radical (unpaired) electrons. The Labute approximate surface area is 306 Å². The van der Waals surface area contributed by atoms with Gasteiger partial charge in [-0.1, -0.05) is 109 Å². The Hall–Kier alpha value is -6.62. The quantitative estimate of drug-likeness (QED) is 0.166. The first kappa shape index (κ1) is 30.2. The van der Waals surface area contributed by atoms with Crippen molar-refractivity contribution in [2.24, 2.45) is 0 Å². The predicted octanol–water partition coefficient (Wildman–Crippen LogP) is 14.1. The zero-order valence-corrected chi connectivity index (χ0v) is 29.1. The van der Waals surface area contributed by atoms with E-state index < -0.39 is 0 Å². The van der Waals surface area contributed by atoms with Crippen molar-refractivity contribution in [1.82, 2.24) is 4.57 Å². The number of hydrogen-bond acceptors (Lipinski definition) is 3. The fraction of sp³-hybridized carbons (Fsp3) is 0. The molecule has 10 aromatic rings. The lowest BCUT2D eigenvalue weighted by molar-refractivity contribution is 1.17. The van der Waals surface area contributed by atoms with Crippen LogP contribution >= 0.6 is 11.3 Å². The van der Waals surface area contributed by atoms with Crippen LogP contribution in [0.5, 0.6) is 0 Å². The molecule has 0 atom stereocenters. The summed E-state index contributed by atoms with van der Waals surface area (Å²) in [4.78, 5) is 4.68. The minimum atomic E-state index is 1.10. The summed E-state index contributed by atoms with van der Waals surface area (Å²) in [5.41, 5.74) is 10.1. The van der Waals surface area contributed by atoms with Gasteiger partial charge in [0.15, 0.2) is 0 Å². The van der Waals surface area contributed by atoms with Crippen LogP contribution in [0.3, 0.4) is 0 Å². The van der Waals surface area contributed by atoms with E-state index in [-0.39, 0.29) is 0 Å². The minimum Gasteiger partial charge on any atom is -0.310 e. The number of anilines is 6. The summed E-state index contributed by atoms with van der Waals surface area (Å²) in [7, 11) is 0. The Morgan fingerprint density at radius 1 is 0.346 bits per heavy atom. The minimum absolute atomic E-state index is 1.10. The molecule has 0 aliphatic heterocycles. The van der Waals surface area contributed by atoms with Gasteiger partial charge in [0.1, 0.15) is 0 Å². The van der Waals surface area contributed by atoms with Crippen LogP contribution in [0.2, 0.25) is 0 Å². The molecule has 2 aromatic heterocycles. The molecule has 52 heavy (non-hydrogen) atoms. The van der Waals surface area contributed by atoms with E-state index in [0.29, 0.717) is 0 Å². The molecule has 0 saturated carbocycles. The van der Waals surface area contributed by atoms with Gasteiger partial charge in [-0.15, -0.1) is 11.3 Å². The van der Waals surface area contributed by atoms with E-state index in [4.69, 9.17) is 0 Å². The van der Waals surface area contributed by atoms with Crippen LogP contribution in [-0.4, -0.2) is 4.57 Å². The van der Waals surface area contributed by atoms with Crippen LogP contribution in [0.25, 0.3) is 47.7 Å². The van der Waals surface area contributed by atoms with Crippen molar-refractivity contribution in [2.45, 2.75) is 0 Å². The van der Waals surface area contributed by atoms with Crippen LogP contribution in [-0.2, 0) is 0 Å². The maximum absolute atomic E-state index is 2.46. The molecule has 0 fully saturated rings. The van der Waals surface area contributed by atoms with E-state index in [9.17, 15) is 0 Å². The maximum Gasteiger partial charge on any atom is 0.0562 e. The molecule has 0 saturated heterocycles. The van der Waals surface area contributed by atoms with E-state index in [1.165, 1.54) is 36.5 Å². The summed E-state index contributed by atoms with van der Waals surface area (Å²) in [6.07, 6.45) is 0. The Kier molecular flexibility index (Phi) is 7.33. The van der Waals surface area contributed by atoms with Gasteiger partial charge >= 0.3 is 0 Å². The Morgan fingerprint density at radius 2 is 0.846 bits per heavy atom. The summed E-state index contributed by atoms with van der Waals surface area (Å²) in [5.74, 6) is 0. The number of rotatable bonds is 7. The SMILES string of the molecule is c1ccc(N(c2ccccc2)c2cccc(-n3c4cc(N(c5ccccc5)c5ccccc5)ccc4c4c5sc6ccccc6c5ccc43)c2)cc1. The largest absolute Gasteiger partial charge is 0.310 e. The third-order valence-electron chi connectivity index (χ3n) is 9.92. The first-order valence-electron chi connectivity index (χ1n) is 17.6. The molecule has 3 nitrogen and oxygen atoms in total. The van der Waals surface area contributed by atoms with Gasteiger partial charge in [-0.25, -0.2) is 0 Å². The topological polar surface area (TPSA) is 11.4 Å². The lowest BCUT2D eigenvalue weighted by atomic mass is 10.1. The Morgan fingerprint density at radius 3 is 1.44 bits per heavy atom. The highest BCUT2D eigenvalue weighted by atomic mass is 32.1. The highest BCUT2D eigenvalue weighted by Crippen LogP contribution is 2.46. The van der Waals surface area contributed by atoms with E-state index in [1.807, 2.05) is 11.3 Å². The molecule has 10 rings (SSSR count). The molecule has 4 heteroatoms. The average molecular weight is 684 g/mol. The predicted molar refractivity (Wildman–Crippen MR) is 223 cm³/mol. The zero-order valence-electron chi connectivity index (χ0n) is 28.3.